The van der Waals surface area contributed by atoms with Gasteiger partial charge < -0.3 is 9.72 Å². The quantitative estimate of drug-likeness (QED) is 0.759. The number of hydrogen-bond acceptors (Lipinski definition) is 3. The number of ether oxygens (including phenoxy) is 1. The number of nitrogens with one attached hydrogen (secondary N) is 1. The van der Waals surface area contributed by atoms with Gasteiger partial charge in [-0.15, -0.1) is 0 Å². The Morgan fingerprint density at radius 1 is 1.64 bits per heavy atom. The summed E-state index contributed by atoms with van der Waals surface area (Å²) in [6.07, 6.45) is 4.16. The number of rotatable bonds is 2. The molecule has 0 aliphatic heterocycles. The number of nitrogens with zero attached hydrogens (tertiary/aromatic N) is 2. The van der Waals surface area contributed by atoms with Gasteiger partial charge in [-0.1, -0.05) is 6.92 Å². The number of aromatic nitrogens is 3. The van der Waals surface area contributed by atoms with Crippen molar-refractivity contribution < 1.29 is 4.74 Å². The summed E-state index contributed by atoms with van der Waals surface area (Å²) in [6, 6.07) is 0. The molecule has 0 aromatic carbocycles. The normalized spacial score (nSPS) is 10.7. The van der Waals surface area contributed by atoms with E-state index < -0.39 is 0 Å². The van der Waals surface area contributed by atoms with Crippen LogP contribution >= 0.6 is 0 Å². The van der Waals surface area contributed by atoms with Crippen molar-refractivity contribution in [3.63, 3.8) is 0 Å². The molecule has 5 nitrogen and oxygen atoms in total. The van der Waals surface area contributed by atoms with Crippen molar-refractivity contribution in [3.8, 4) is 5.75 Å². The van der Waals surface area contributed by atoms with Crippen LogP contribution < -0.4 is 10.3 Å². The van der Waals surface area contributed by atoms with Gasteiger partial charge in [0.25, 0.3) is 5.56 Å². The fourth-order valence-electron chi connectivity index (χ4n) is 1.38. The zero-order chi connectivity index (χ0) is 10.1. The van der Waals surface area contributed by atoms with E-state index in [0.717, 1.165) is 17.6 Å². The molecule has 14 heavy (non-hydrogen) atoms. The minimum atomic E-state index is -0.227. The highest BCUT2D eigenvalue weighted by Crippen LogP contribution is 2.09. The first kappa shape index (κ1) is 8.80. The number of aryl methyl sites for hydroxylation is 1. The maximum atomic E-state index is 11.4. The van der Waals surface area contributed by atoms with Crippen molar-refractivity contribution in [1.82, 2.24) is 14.6 Å². The third-order valence-corrected chi connectivity index (χ3v) is 2.17. The van der Waals surface area contributed by atoms with Crippen LogP contribution in [0.4, 0.5) is 0 Å². The third kappa shape index (κ3) is 1.17. The lowest BCUT2D eigenvalue weighted by Crippen LogP contribution is -2.11. The SMILES string of the molecule is CCc1cnn2cc(OC)c(=O)[nH]c12. The summed E-state index contributed by atoms with van der Waals surface area (Å²) in [5.41, 5.74) is 1.53. The Bertz CT molecular complexity index is 512. The molecule has 0 bridgehead atoms. The summed E-state index contributed by atoms with van der Waals surface area (Å²) in [4.78, 5) is 14.1. The number of aromatic amines is 1. The van der Waals surface area contributed by atoms with Crippen molar-refractivity contribution in [2.75, 3.05) is 7.11 Å². The zero-order valence-electron chi connectivity index (χ0n) is 8.07. The van der Waals surface area contributed by atoms with Gasteiger partial charge in [0, 0.05) is 5.56 Å². The lowest BCUT2D eigenvalue weighted by atomic mass is 10.3. The van der Waals surface area contributed by atoms with Gasteiger partial charge in [-0.05, 0) is 6.42 Å². The average Bonchev–Trinajstić information content (AvgIpc) is 2.58. The highest BCUT2D eigenvalue weighted by Gasteiger charge is 2.06. The zero-order valence-corrected chi connectivity index (χ0v) is 8.07. The van der Waals surface area contributed by atoms with Crippen LogP contribution in [-0.4, -0.2) is 21.7 Å². The van der Waals surface area contributed by atoms with Crippen LogP contribution in [0.25, 0.3) is 5.65 Å². The second-order valence-electron chi connectivity index (χ2n) is 2.97. The van der Waals surface area contributed by atoms with E-state index in [4.69, 9.17) is 4.74 Å². The summed E-state index contributed by atoms with van der Waals surface area (Å²) in [5.74, 6) is 0.267. The summed E-state index contributed by atoms with van der Waals surface area (Å²) < 4.78 is 6.50. The molecular formula is C9H11N3O2. The first-order valence-electron chi connectivity index (χ1n) is 4.39. The van der Waals surface area contributed by atoms with Gasteiger partial charge in [-0.2, -0.15) is 5.10 Å². The van der Waals surface area contributed by atoms with Gasteiger partial charge in [0.15, 0.2) is 0 Å². The molecule has 0 saturated heterocycles. The molecular weight excluding hydrogens is 182 g/mol. The van der Waals surface area contributed by atoms with Crippen molar-refractivity contribution >= 4 is 5.65 Å². The lowest BCUT2D eigenvalue weighted by molar-refractivity contribution is 0.405. The Kier molecular flexibility index (Phi) is 1.99. The molecule has 0 amide bonds. The number of H-pyrrole nitrogens is 1. The predicted molar refractivity (Wildman–Crippen MR) is 51.7 cm³/mol. The fourth-order valence-corrected chi connectivity index (χ4v) is 1.38. The number of methoxy groups -OCH3 is 1. The molecule has 74 valence electrons. The molecule has 2 rings (SSSR count). The highest BCUT2D eigenvalue weighted by atomic mass is 16.5. The Balaban J connectivity index is 2.75. The van der Waals surface area contributed by atoms with E-state index in [1.165, 1.54) is 7.11 Å². The van der Waals surface area contributed by atoms with E-state index in [-0.39, 0.29) is 11.3 Å². The molecule has 0 spiro atoms. The van der Waals surface area contributed by atoms with Crippen LogP contribution in [0.3, 0.4) is 0 Å². The van der Waals surface area contributed by atoms with Gasteiger partial charge in [0.2, 0.25) is 5.75 Å². The number of fused-ring (bicyclic) bond motifs is 1. The molecule has 2 aromatic heterocycles. The first-order valence-corrected chi connectivity index (χ1v) is 4.39. The molecule has 0 unspecified atom stereocenters. The molecule has 2 aromatic rings. The monoisotopic (exact) mass is 193 g/mol. The topological polar surface area (TPSA) is 59.4 Å². The number of hydrogen-bond donors (Lipinski definition) is 1. The second-order valence-corrected chi connectivity index (χ2v) is 2.97. The predicted octanol–water partition coefficient (Wildman–Crippen LogP) is 0.594. The van der Waals surface area contributed by atoms with Gasteiger partial charge in [0.05, 0.1) is 19.5 Å². The van der Waals surface area contributed by atoms with Gasteiger partial charge in [-0.3, -0.25) is 4.79 Å². The van der Waals surface area contributed by atoms with E-state index in [1.807, 2.05) is 6.92 Å². The maximum Gasteiger partial charge on any atom is 0.293 e. The van der Waals surface area contributed by atoms with Crippen LogP contribution in [0.1, 0.15) is 12.5 Å². The van der Waals surface area contributed by atoms with Gasteiger partial charge >= 0.3 is 0 Å². The summed E-state index contributed by atoms with van der Waals surface area (Å²) >= 11 is 0. The third-order valence-electron chi connectivity index (χ3n) is 2.17. The molecule has 1 N–H and O–H groups in total. The fraction of sp³-hybridized carbons (Fsp3) is 0.333. The molecule has 5 heteroatoms. The van der Waals surface area contributed by atoms with Crippen LogP contribution in [0.15, 0.2) is 17.2 Å². The summed E-state index contributed by atoms with van der Waals surface area (Å²) in [6.45, 7) is 2.01. The van der Waals surface area contributed by atoms with Crippen molar-refractivity contribution in [2.24, 2.45) is 0 Å². The van der Waals surface area contributed by atoms with Crippen LogP contribution in [0, 0.1) is 0 Å². The second kappa shape index (κ2) is 3.17. The van der Waals surface area contributed by atoms with E-state index in [1.54, 1.807) is 16.9 Å². The summed E-state index contributed by atoms with van der Waals surface area (Å²) in [5, 5.41) is 4.11. The maximum absolute atomic E-state index is 11.4. The minimum Gasteiger partial charge on any atom is -0.490 e. The largest absolute Gasteiger partial charge is 0.490 e. The van der Waals surface area contributed by atoms with Crippen LogP contribution in [-0.2, 0) is 6.42 Å². The molecule has 0 radical (unpaired) electrons. The van der Waals surface area contributed by atoms with Crippen LogP contribution in [0.5, 0.6) is 5.75 Å². The molecule has 2 heterocycles. The smallest absolute Gasteiger partial charge is 0.293 e. The molecule has 0 aliphatic rings. The first-order chi connectivity index (χ1) is 6.76. The minimum absolute atomic E-state index is 0.227. The Hall–Kier alpha value is -1.78. The summed E-state index contributed by atoms with van der Waals surface area (Å²) in [7, 11) is 1.46. The Morgan fingerprint density at radius 2 is 2.43 bits per heavy atom. The van der Waals surface area contributed by atoms with E-state index in [2.05, 4.69) is 10.1 Å². The molecule has 0 aliphatic carbocycles. The Morgan fingerprint density at radius 3 is 3.07 bits per heavy atom. The standard InChI is InChI=1S/C9H11N3O2/c1-3-6-4-10-12-5-7(14-2)9(13)11-8(6)12/h4-5H,3H2,1-2H3,(H,11,13). The molecule has 0 atom stereocenters. The Labute approximate surface area is 80.3 Å². The van der Waals surface area contributed by atoms with Crippen molar-refractivity contribution in [3.05, 3.63) is 28.3 Å². The lowest BCUT2D eigenvalue weighted by Gasteiger charge is -1.99. The van der Waals surface area contributed by atoms with E-state index >= 15 is 0 Å². The van der Waals surface area contributed by atoms with E-state index in [9.17, 15) is 4.79 Å². The van der Waals surface area contributed by atoms with Gasteiger partial charge in [-0.25, -0.2) is 4.52 Å². The molecule has 0 fully saturated rings. The highest BCUT2D eigenvalue weighted by molar-refractivity contribution is 5.46. The van der Waals surface area contributed by atoms with E-state index in [0.29, 0.717) is 0 Å². The average molecular weight is 193 g/mol. The molecule has 0 saturated carbocycles. The van der Waals surface area contributed by atoms with Gasteiger partial charge in [0.1, 0.15) is 5.65 Å². The van der Waals surface area contributed by atoms with Crippen molar-refractivity contribution in [1.29, 1.82) is 0 Å². The van der Waals surface area contributed by atoms with Crippen molar-refractivity contribution in [2.45, 2.75) is 13.3 Å². The van der Waals surface area contributed by atoms with Crippen LogP contribution in [0.2, 0.25) is 0 Å².